The van der Waals surface area contributed by atoms with Gasteiger partial charge in [0.15, 0.2) is 18.8 Å². The highest BCUT2D eigenvalue weighted by Gasteiger charge is 2.43. The van der Waals surface area contributed by atoms with E-state index in [1.54, 1.807) is 12.1 Å². The normalized spacial score (nSPS) is 19.3. The van der Waals surface area contributed by atoms with Gasteiger partial charge in [0.05, 0.1) is 38.5 Å². The third-order valence-electron chi connectivity index (χ3n) is 10.2. The van der Waals surface area contributed by atoms with E-state index < -0.39 is 26.4 Å². The molecule has 0 aromatic heterocycles. The number of carbonyl (C=O) groups excluding carboxylic acids is 1. The number of aromatic carboxylic acids is 1. The molecule has 2 N–H and O–H groups in total. The van der Waals surface area contributed by atoms with Crippen molar-refractivity contribution in [3.63, 3.8) is 0 Å². The Morgan fingerprint density at radius 3 is 2.37 bits per heavy atom. The minimum atomic E-state index is -2.38. The Morgan fingerprint density at radius 1 is 0.941 bits per heavy atom. The number of allylic oxidation sites excluding steroid dienone is 5. The van der Waals surface area contributed by atoms with Crippen LogP contribution < -0.4 is 15.4 Å². The fourth-order valence-corrected chi connectivity index (χ4v) is 10.4. The van der Waals surface area contributed by atoms with Crippen LogP contribution in [0.15, 0.2) is 65.4 Å². The van der Waals surface area contributed by atoms with Crippen LogP contribution in [0.3, 0.4) is 0 Å². The third-order valence-corrected chi connectivity index (χ3v) is 13.9. The quantitative estimate of drug-likeness (QED) is 0.0999. The van der Waals surface area contributed by atoms with Gasteiger partial charge in [0.2, 0.25) is 6.17 Å². The molecule has 12 heteroatoms. The first-order valence-electron chi connectivity index (χ1n) is 17.9. The highest BCUT2D eigenvalue weighted by molar-refractivity contribution is 6.98. The number of halogens is 3. The maximum atomic E-state index is 13.8. The summed E-state index contributed by atoms with van der Waals surface area (Å²) in [5.41, 5.74) is 5.31. The maximum Gasteiger partial charge on any atom is 0.336 e. The van der Waals surface area contributed by atoms with Gasteiger partial charge in [-0.3, -0.25) is 4.79 Å². The summed E-state index contributed by atoms with van der Waals surface area (Å²) in [6, 6.07) is 11.0. The van der Waals surface area contributed by atoms with Crippen LogP contribution in [0.2, 0.25) is 13.1 Å². The molecule has 1 amide bonds. The zero-order chi connectivity index (χ0) is 36.1. The second-order valence-corrected chi connectivity index (χ2v) is 18.8. The number of carboxylic acids is 1. The lowest BCUT2D eigenvalue weighted by molar-refractivity contribution is -0.599. The van der Waals surface area contributed by atoms with E-state index in [9.17, 15) is 23.5 Å². The number of ether oxygens (including phenoxy) is 2. The van der Waals surface area contributed by atoms with Crippen LogP contribution >= 0.6 is 11.6 Å². The zero-order valence-corrected chi connectivity index (χ0v) is 31.1. The highest BCUT2D eigenvalue weighted by Crippen LogP contribution is 2.43. The lowest BCUT2D eigenvalue weighted by atomic mass is 9.86. The summed E-state index contributed by atoms with van der Waals surface area (Å²) in [4.78, 5) is 28.0. The molecule has 2 aromatic rings. The van der Waals surface area contributed by atoms with Gasteiger partial charge in [0, 0.05) is 42.4 Å². The molecule has 4 aliphatic rings. The largest absolute Gasteiger partial charge is 0.478 e. The van der Waals surface area contributed by atoms with E-state index in [1.165, 1.54) is 6.07 Å². The number of alkyl halides is 3. The number of hydrogen-bond donors (Lipinski definition) is 2. The molecule has 0 spiro atoms. The number of anilines is 1. The number of carboxylic acid groups (broad SMARTS) is 1. The van der Waals surface area contributed by atoms with Gasteiger partial charge in [-0.15, -0.1) is 11.6 Å². The molecule has 2 fully saturated rings. The van der Waals surface area contributed by atoms with Gasteiger partial charge in [0.25, 0.3) is 5.91 Å². The van der Waals surface area contributed by atoms with Crippen molar-refractivity contribution in [3.05, 3.63) is 87.6 Å². The van der Waals surface area contributed by atoms with Crippen LogP contribution in [0.25, 0.3) is 5.57 Å². The Kier molecular flexibility index (Phi) is 11.9. The lowest BCUT2D eigenvalue weighted by Crippen LogP contribution is -2.52. The molecule has 0 atom stereocenters. The summed E-state index contributed by atoms with van der Waals surface area (Å²) < 4.78 is 40.9. The average Bonchev–Trinajstić information content (AvgIpc) is 3.09. The Morgan fingerprint density at radius 2 is 1.67 bits per heavy atom. The van der Waals surface area contributed by atoms with Crippen LogP contribution in [-0.4, -0.2) is 113 Å². The van der Waals surface area contributed by atoms with Crippen molar-refractivity contribution >= 4 is 53.7 Å². The van der Waals surface area contributed by atoms with Crippen molar-refractivity contribution in [2.24, 2.45) is 0 Å². The van der Waals surface area contributed by atoms with Crippen LogP contribution in [0, 0.1) is 0 Å². The molecule has 3 heterocycles. The van der Waals surface area contributed by atoms with Gasteiger partial charge < -0.3 is 24.8 Å². The summed E-state index contributed by atoms with van der Waals surface area (Å²) in [5.74, 6) is -0.840. The standard InChI is InChI=1S/C39H46ClF2N3O5Si/c1-51(2)35-20-29(44-22-27(41)23-44)8-11-32(35)37(33-12-9-30(21-36(33)51)45-24-28(42)25-45)31-10-7-26(19-34(31)39(47)48)38(46)43-14-16-50-18-17-49-15-6-4-3-5-13-40/h7-12,19-21,27-28H,3-6,13-18,22-25H2,1-2H3,(H-,43,46,47,48)/p+1. The first-order valence-corrected chi connectivity index (χ1v) is 21.4. The molecule has 3 aliphatic heterocycles. The summed E-state index contributed by atoms with van der Waals surface area (Å²) in [6.45, 7) is 8.08. The topological polar surface area (TPSA) is 91.1 Å². The molecule has 8 nitrogen and oxygen atoms in total. The van der Waals surface area contributed by atoms with Gasteiger partial charge in [0.1, 0.15) is 14.2 Å². The molecule has 1 aliphatic carbocycles. The monoisotopic (exact) mass is 738 g/mol. The van der Waals surface area contributed by atoms with E-state index >= 15 is 0 Å². The van der Waals surface area contributed by atoms with E-state index in [0.29, 0.717) is 64.1 Å². The predicted octanol–water partition coefficient (Wildman–Crippen LogP) is 5.68. The smallest absolute Gasteiger partial charge is 0.336 e. The molecule has 51 heavy (non-hydrogen) atoms. The highest BCUT2D eigenvalue weighted by atomic mass is 35.5. The lowest BCUT2D eigenvalue weighted by Gasteiger charge is -2.41. The van der Waals surface area contributed by atoms with Crippen molar-refractivity contribution in [2.75, 3.05) is 69.9 Å². The second kappa shape index (κ2) is 16.4. The molecular formula is C39H47ClF2N3O5Si+. The average molecular weight is 739 g/mol. The van der Waals surface area contributed by atoms with E-state index in [-0.39, 0.29) is 23.6 Å². The molecule has 0 radical (unpaired) electrons. The van der Waals surface area contributed by atoms with E-state index in [4.69, 9.17) is 21.1 Å². The van der Waals surface area contributed by atoms with Gasteiger partial charge in [-0.25, -0.2) is 18.2 Å². The summed E-state index contributed by atoms with van der Waals surface area (Å²) in [5, 5.41) is 15.6. The van der Waals surface area contributed by atoms with Crippen LogP contribution in [-0.2, 0) is 9.47 Å². The Bertz CT molecular complexity index is 1780. The van der Waals surface area contributed by atoms with Crippen molar-refractivity contribution in [1.29, 1.82) is 0 Å². The first-order chi connectivity index (χ1) is 24.6. The van der Waals surface area contributed by atoms with Crippen molar-refractivity contribution in [3.8, 4) is 0 Å². The molecule has 6 rings (SSSR count). The van der Waals surface area contributed by atoms with Crippen molar-refractivity contribution in [1.82, 2.24) is 5.32 Å². The summed E-state index contributed by atoms with van der Waals surface area (Å²) >= 11 is 5.70. The summed E-state index contributed by atoms with van der Waals surface area (Å²) in [6.07, 6.45) is 8.67. The summed E-state index contributed by atoms with van der Waals surface area (Å²) in [7, 11) is -2.38. The number of benzene rings is 2. The molecule has 272 valence electrons. The maximum absolute atomic E-state index is 13.8. The fourth-order valence-electron chi connectivity index (χ4n) is 7.17. The second-order valence-electron chi connectivity index (χ2n) is 14.1. The predicted molar refractivity (Wildman–Crippen MR) is 200 cm³/mol. The Hall–Kier alpha value is -3.64. The first kappa shape index (κ1) is 37.1. The van der Waals surface area contributed by atoms with Gasteiger partial charge >= 0.3 is 5.97 Å². The van der Waals surface area contributed by atoms with Crippen LogP contribution in [0.5, 0.6) is 0 Å². The number of hydrogen-bond acceptors (Lipinski definition) is 5. The number of fused-ring (bicyclic) bond motifs is 2. The zero-order valence-electron chi connectivity index (χ0n) is 29.4. The van der Waals surface area contributed by atoms with Crippen LogP contribution in [0.4, 0.5) is 14.5 Å². The van der Waals surface area contributed by atoms with Gasteiger partial charge in [-0.05, 0) is 75.8 Å². The molecular weight excluding hydrogens is 692 g/mol. The van der Waals surface area contributed by atoms with E-state index in [2.05, 4.69) is 30.6 Å². The Balaban J connectivity index is 1.22. The SMILES string of the molecule is C[Si]1(C)C2=CC(=[N+]3CC(F)C3)C=CC2=C(c2ccc(C(=O)NCCOCCOCCCCCCCl)cc2C(=O)O)c2ccc(N3CC(F)C3)cc21. The van der Waals surface area contributed by atoms with Crippen molar-refractivity contribution in [2.45, 2.75) is 51.1 Å². The number of amides is 1. The Labute approximate surface area is 304 Å². The van der Waals surface area contributed by atoms with Crippen molar-refractivity contribution < 1.29 is 37.5 Å². The van der Waals surface area contributed by atoms with Gasteiger partial charge in [-0.1, -0.05) is 38.1 Å². The molecule has 0 bridgehead atoms. The molecule has 0 saturated carbocycles. The minimum Gasteiger partial charge on any atom is -0.478 e. The number of nitrogens with zero attached hydrogens (tertiary/aromatic N) is 2. The number of carbonyl (C=O) groups is 2. The molecule has 2 aromatic carbocycles. The number of unbranched alkanes of at least 4 members (excludes halogenated alkanes) is 3. The number of rotatable bonds is 16. The van der Waals surface area contributed by atoms with E-state index in [1.807, 2.05) is 33.8 Å². The third kappa shape index (κ3) is 8.22. The molecule has 2 saturated heterocycles. The minimum absolute atomic E-state index is 0.0196. The fraction of sp³-hybridized carbons (Fsp3) is 0.462. The number of nitrogens with one attached hydrogen (secondary N) is 1. The van der Waals surface area contributed by atoms with Crippen LogP contribution in [0.1, 0.15) is 57.5 Å². The van der Waals surface area contributed by atoms with Gasteiger partial charge in [-0.2, -0.15) is 0 Å². The molecule has 0 unspecified atom stereocenters. The van der Waals surface area contributed by atoms with E-state index in [0.717, 1.165) is 64.2 Å².